The maximum atomic E-state index is 12.4. The Morgan fingerprint density at radius 3 is 2.47 bits per heavy atom. The number of nitrogens with two attached hydrogens (primary N) is 1. The normalized spacial score (nSPS) is 12.5. The van der Waals surface area contributed by atoms with Gasteiger partial charge in [0, 0.05) is 16.6 Å². The zero-order chi connectivity index (χ0) is 14.8. The van der Waals surface area contributed by atoms with Crippen LogP contribution in [-0.2, 0) is 10.0 Å². The molecule has 0 amide bonds. The van der Waals surface area contributed by atoms with Crippen molar-refractivity contribution in [2.45, 2.75) is 31.2 Å². The number of benzene rings is 1. The molecule has 0 aliphatic carbocycles. The van der Waals surface area contributed by atoms with Crippen molar-refractivity contribution in [2.24, 2.45) is 5.73 Å². The Morgan fingerprint density at radius 1 is 1.42 bits per heavy atom. The zero-order valence-corrected chi connectivity index (χ0v) is 13.9. The predicted octanol–water partition coefficient (Wildman–Crippen LogP) is 1.78. The molecule has 108 valence electrons. The fraction of sp³-hybridized carbons (Fsp3) is 0.500. The lowest BCUT2D eigenvalue weighted by atomic mass is 10.1. The van der Waals surface area contributed by atoms with E-state index in [1.54, 1.807) is 19.9 Å². The molecule has 0 spiro atoms. The van der Waals surface area contributed by atoms with E-state index in [-0.39, 0.29) is 11.4 Å². The highest BCUT2D eigenvalue weighted by Crippen LogP contribution is 2.30. The van der Waals surface area contributed by atoms with Gasteiger partial charge in [-0.15, -0.1) is 0 Å². The molecular formula is C12H19BrN2O3S. The van der Waals surface area contributed by atoms with Crippen LogP contribution in [-0.4, -0.2) is 27.6 Å². The molecule has 0 aliphatic heterocycles. The van der Waals surface area contributed by atoms with Crippen LogP contribution in [0.4, 0.5) is 0 Å². The number of ether oxygens (including phenoxy) is 1. The monoisotopic (exact) mass is 350 g/mol. The molecule has 0 atom stereocenters. The molecule has 0 saturated heterocycles. The highest BCUT2D eigenvalue weighted by Gasteiger charge is 2.28. The third-order valence-electron chi connectivity index (χ3n) is 2.66. The Hall–Kier alpha value is -0.630. The summed E-state index contributed by atoms with van der Waals surface area (Å²) in [5, 5.41) is 0. The first-order valence-electron chi connectivity index (χ1n) is 5.71. The second-order valence-corrected chi connectivity index (χ2v) is 7.45. The Morgan fingerprint density at radius 2 is 2.00 bits per heavy atom. The van der Waals surface area contributed by atoms with Gasteiger partial charge in [0.25, 0.3) is 0 Å². The quantitative estimate of drug-likeness (QED) is 0.847. The number of halogens is 1. The zero-order valence-electron chi connectivity index (χ0n) is 11.5. The molecule has 1 aromatic rings. The van der Waals surface area contributed by atoms with Gasteiger partial charge >= 0.3 is 0 Å². The van der Waals surface area contributed by atoms with Gasteiger partial charge in [0.05, 0.1) is 7.11 Å². The second-order valence-electron chi connectivity index (χ2n) is 4.95. The summed E-state index contributed by atoms with van der Waals surface area (Å²) in [5.41, 5.74) is 5.72. The third kappa shape index (κ3) is 3.92. The molecular weight excluding hydrogens is 332 g/mol. The minimum atomic E-state index is -3.70. The number of nitrogens with one attached hydrogen (secondary N) is 1. The third-order valence-corrected chi connectivity index (χ3v) is 5.23. The molecule has 1 rings (SSSR count). The van der Waals surface area contributed by atoms with E-state index in [9.17, 15) is 8.42 Å². The number of methoxy groups -OCH3 is 1. The molecule has 5 nitrogen and oxygen atoms in total. The van der Waals surface area contributed by atoms with Gasteiger partial charge in [-0.1, -0.05) is 15.9 Å². The lowest BCUT2D eigenvalue weighted by molar-refractivity contribution is 0.400. The van der Waals surface area contributed by atoms with Gasteiger partial charge in [0.1, 0.15) is 10.6 Å². The smallest absolute Gasteiger partial charge is 0.244 e. The Bertz CT molecular complexity index is 571. The van der Waals surface area contributed by atoms with Crippen molar-refractivity contribution in [3.63, 3.8) is 0 Å². The largest absolute Gasteiger partial charge is 0.495 e. The van der Waals surface area contributed by atoms with Crippen molar-refractivity contribution in [1.29, 1.82) is 0 Å². The Labute approximate surface area is 122 Å². The maximum Gasteiger partial charge on any atom is 0.244 e. The minimum absolute atomic E-state index is 0.0917. The molecule has 0 heterocycles. The Kier molecular flexibility index (Phi) is 5.00. The first-order chi connectivity index (χ1) is 8.63. The van der Waals surface area contributed by atoms with Crippen LogP contribution in [0.15, 0.2) is 21.5 Å². The summed E-state index contributed by atoms with van der Waals surface area (Å²) in [6, 6.07) is 3.21. The second kappa shape index (κ2) is 5.78. The van der Waals surface area contributed by atoms with E-state index in [4.69, 9.17) is 10.5 Å². The van der Waals surface area contributed by atoms with Crippen LogP contribution < -0.4 is 15.2 Å². The van der Waals surface area contributed by atoms with Crippen molar-refractivity contribution < 1.29 is 13.2 Å². The molecule has 0 fully saturated rings. The lowest BCUT2D eigenvalue weighted by Crippen LogP contribution is -2.48. The van der Waals surface area contributed by atoms with Crippen molar-refractivity contribution in [3.05, 3.63) is 22.2 Å². The number of rotatable bonds is 5. The SMILES string of the molecule is COc1cc(C)c(Br)cc1S(=O)(=O)NC(C)(C)CN. The molecule has 0 aliphatic rings. The lowest BCUT2D eigenvalue weighted by Gasteiger charge is -2.24. The van der Waals surface area contributed by atoms with Crippen LogP contribution in [0, 0.1) is 6.92 Å². The summed E-state index contributed by atoms with van der Waals surface area (Å²) in [7, 11) is -2.26. The van der Waals surface area contributed by atoms with Gasteiger partial charge < -0.3 is 10.5 Å². The average molecular weight is 351 g/mol. The van der Waals surface area contributed by atoms with Gasteiger partial charge in [0.15, 0.2) is 0 Å². The van der Waals surface area contributed by atoms with Gasteiger partial charge in [-0.25, -0.2) is 13.1 Å². The summed E-state index contributed by atoms with van der Waals surface area (Å²) in [5.74, 6) is 0.307. The molecule has 0 radical (unpaired) electrons. The Balaban J connectivity index is 3.32. The molecule has 1 aromatic carbocycles. The fourth-order valence-corrected chi connectivity index (χ4v) is 3.56. The first kappa shape index (κ1) is 16.4. The molecule has 0 bridgehead atoms. The van der Waals surface area contributed by atoms with Crippen LogP contribution in [0.3, 0.4) is 0 Å². The van der Waals surface area contributed by atoms with E-state index in [0.717, 1.165) is 5.56 Å². The van der Waals surface area contributed by atoms with E-state index in [1.165, 1.54) is 13.2 Å². The van der Waals surface area contributed by atoms with Crippen molar-refractivity contribution in [1.82, 2.24) is 4.72 Å². The topological polar surface area (TPSA) is 81.4 Å². The molecule has 0 saturated carbocycles. The highest BCUT2D eigenvalue weighted by molar-refractivity contribution is 9.10. The molecule has 0 aromatic heterocycles. The number of sulfonamides is 1. The van der Waals surface area contributed by atoms with E-state index in [0.29, 0.717) is 10.2 Å². The highest BCUT2D eigenvalue weighted by atomic mass is 79.9. The molecule has 0 unspecified atom stereocenters. The van der Waals surface area contributed by atoms with E-state index >= 15 is 0 Å². The van der Waals surface area contributed by atoms with Crippen LogP contribution in [0.25, 0.3) is 0 Å². The molecule has 3 N–H and O–H groups in total. The van der Waals surface area contributed by atoms with Crippen LogP contribution in [0.5, 0.6) is 5.75 Å². The first-order valence-corrected chi connectivity index (χ1v) is 7.99. The maximum absolute atomic E-state index is 12.4. The predicted molar refractivity (Wildman–Crippen MR) is 78.9 cm³/mol. The number of hydrogen-bond acceptors (Lipinski definition) is 4. The van der Waals surface area contributed by atoms with Gasteiger partial charge in [-0.2, -0.15) is 0 Å². The van der Waals surface area contributed by atoms with Gasteiger partial charge in [0.2, 0.25) is 10.0 Å². The summed E-state index contributed by atoms with van der Waals surface area (Å²) < 4.78 is 33.2. The molecule has 7 heteroatoms. The van der Waals surface area contributed by atoms with Gasteiger partial charge in [-0.3, -0.25) is 0 Å². The van der Waals surface area contributed by atoms with Crippen LogP contribution in [0.1, 0.15) is 19.4 Å². The van der Waals surface area contributed by atoms with E-state index in [2.05, 4.69) is 20.7 Å². The van der Waals surface area contributed by atoms with Crippen molar-refractivity contribution in [3.8, 4) is 5.75 Å². The fourth-order valence-electron chi connectivity index (χ4n) is 1.47. The van der Waals surface area contributed by atoms with Crippen molar-refractivity contribution in [2.75, 3.05) is 13.7 Å². The van der Waals surface area contributed by atoms with Gasteiger partial charge in [-0.05, 0) is 38.5 Å². The standard InChI is InChI=1S/C12H19BrN2O3S/c1-8-5-10(18-4)11(6-9(8)13)19(16,17)15-12(2,3)7-14/h5-6,15H,7,14H2,1-4H3. The molecule has 19 heavy (non-hydrogen) atoms. The van der Waals surface area contributed by atoms with Crippen molar-refractivity contribution >= 4 is 26.0 Å². The minimum Gasteiger partial charge on any atom is -0.495 e. The average Bonchev–Trinajstić information content (AvgIpc) is 2.30. The summed E-state index contributed by atoms with van der Waals surface area (Å²) in [6.07, 6.45) is 0. The van der Waals surface area contributed by atoms with E-state index in [1.807, 2.05) is 6.92 Å². The van der Waals surface area contributed by atoms with Crippen LogP contribution in [0.2, 0.25) is 0 Å². The van der Waals surface area contributed by atoms with Crippen LogP contribution >= 0.6 is 15.9 Å². The number of hydrogen-bond donors (Lipinski definition) is 2. The summed E-state index contributed by atoms with van der Waals surface area (Å²) in [6.45, 7) is 5.50. The summed E-state index contributed by atoms with van der Waals surface area (Å²) in [4.78, 5) is 0.0917. The van der Waals surface area contributed by atoms with E-state index < -0.39 is 15.6 Å². The number of aryl methyl sites for hydroxylation is 1. The summed E-state index contributed by atoms with van der Waals surface area (Å²) >= 11 is 3.33.